The molecule has 2 rings (SSSR count). The number of aromatic nitrogens is 2. The van der Waals surface area contributed by atoms with Crippen LogP contribution in [0.5, 0.6) is 0 Å². The summed E-state index contributed by atoms with van der Waals surface area (Å²) in [6, 6.07) is 2.43. The molecule has 0 saturated carbocycles. The molecule has 0 unspecified atom stereocenters. The number of nitrogens with one attached hydrogen (secondary N) is 1. The molecule has 1 heterocycles. The molecule has 0 atom stereocenters. The summed E-state index contributed by atoms with van der Waals surface area (Å²) in [5, 5.41) is 3.49. The van der Waals surface area contributed by atoms with Crippen LogP contribution in [0, 0.1) is 11.7 Å². The number of hydrogen-bond acceptors (Lipinski definition) is 2. The first-order valence-electron chi connectivity index (χ1n) is 5.90. The van der Waals surface area contributed by atoms with Gasteiger partial charge in [-0.1, -0.05) is 37.0 Å². The maximum absolute atomic E-state index is 13.1. The second kappa shape index (κ2) is 5.80. The highest BCUT2D eigenvalue weighted by molar-refractivity contribution is 6.39. The summed E-state index contributed by atoms with van der Waals surface area (Å²) in [7, 11) is 0. The lowest BCUT2D eigenvalue weighted by molar-refractivity contribution is 0.527. The highest BCUT2D eigenvalue weighted by Crippen LogP contribution is 2.33. The Morgan fingerprint density at radius 1 is 1.32 bits per heavy atom. The summed E-state index contributed by atoms with van der Waals surface area (Å²) in [4.78, 5) is 4.21. The van der Waals surface area contributed by atoms with Gasteiger partial charge in [0.2, 0.25) is 5.95 Å². The topological polar surface area (TPSA) is 29.9 Å². The Bertz CT molecular complexity index is 558. The monoisotopic (exact) mass is 301 g/mol. The van der Waals surface area contributed by atoms with Crippen molar-refractivity contribution in [1.29, 1.82) is 0 Å². The van der Waals surface area contributed by atoms with Gasteiger partial charge in [0.25, 0.3) is 0 Å². The van der Waals surface area contributed by atoms with E-state index in [0.717, 1.165) is 6.54 Å². The fourth-order valence-corrected chi connectivity index (χ4v) is 2.30. The Kier molecular flexibility index (Phi) is 4.32. The molecule has 0 amide bonds. The lowest BCUT2D eigenvalue weighted by Crippen LogP contribution is -2.08. The lowest BCUT2D eigenvalue weighted by Gasteiger charge is -2.13. The lowest BCUT2D eigenvalue weighted by atomic mass is 10.2. The Hall–Kier alpha value is -1.26. The molecule has 19 heavy (non-hydrogen) atoms. The van der Waals surface area contributed by atoms with Crippen LogP contribution in [-0.4, -0.2) is 9.55 Å². The highest BCUT2D eigenvalue weighted by atomic mass is 35.5. The molecule has 2 aromatic rings. The number of imidazole rings is 1. The molecule has 3 nitrogen and oxygen atoms in total. The number of rotatable bonds is 4. The SMILES string of the molecule is CC(C)Cn1ccnc1Nc1c(Cl)cc(F)cc1Cl. The zero-order valence-electron chi connectivity index (χ0n) is 10.6. The summed E-state index contributed by atoms with van der Waals surface area (Å²) >= 11 is 12.0. The maximum Gasteiger partial charge on any atom is 0.207 e. The molecule has 0 aliphatic heterocycles. The van der Waals surface area contributed by atoms with E-state index in [-0.39, 0.29) is 10.0 Å². The van der Waals surface area contributed by atoms with Crippen molar-refractivity contribution < 1.29 is 4.39 Å². The molecule has 1 aromatic carbocycles. The molecule has 6 heteroatoms. The normalized spacial score (nSPS) is 11.1. The highest BCUT2D eigenvalue weighted by Gasteiger charge is 2.12. The molecule has 0 saturated heterocycles. The number of halogens is 3. The standard InChI is InChI=1S/C13H14Cl2FN3/c1-8(2)7-19-4-3-17-13(19)18-12-10(14)5-9(16)6-11(12)15/h3-6,8H,7H2,1-2H3,(H,17,18). The van der Waals surface area contributed by atoms with Crippen LogP contribution in [-0.2, 0) is 6.54 Å². The summed E-state index contributed by atoms with van der Waals surface area (Å²) < 4.78 is 15.1. The summed E-state index contributed by atoms with van der Waals surface area (Å²) in [6.07, 6.45) is 3.56. The van der Waals surface area contributed by atoms with Gasteiger partial charge in [-0.05, 0) is 18.1 Å². The van der Waals surface area contributed by atoms with E-state index in [2.05, 4.69) is 24.1 Å². The van der Waals surface area contributed by atoms with E-state index in [1.54, 1.807) is 6.20 Å². The van der Waals surface area contributed by atoms with Crippen LogP contribution >= 0.6 is 23.2 Å². The minimum atomic E-state index is -0.467. The quantitative estimate of drug-likeness (QED) is 0.885. The second-order valence-electron chi connectivity index (χ2n) is 4.67. The number of nitrogens with zero attached hydrogens (tertiary/aromatic N) is 2. The smallest absolute Gasteiger partial charge is 0.207 e. The van der Waals surface area contributed by atoms with Crippen LogP contribution in [0.3, 0.4) is 0 Å². The van der Waals surface area contributed by atoms with E-state index >= 15 is 0 Å². The van der Waals surface area contributed by atoms with Crippen molar-refractivity contribution in [1.82, 2.24) is 9.55 Å². The van der Waals surface area contributed by atoms with Gasteiger partial charge in [0.15, 0.2) is 0 Å². The first-order valence-corrected chi connectivity index (χ1v) is 6.65. The first-order chi connectivity index (χ1) is 8.97. The van der Waals surface area contributed by atoms with Gasteiger partial charge in [0, 0.05) is 18.9 Å². The van der Waals surface area contributed by atoms with Crippen molar-refractivity contribution in [3.05, 3.63) is 40.4 Å². The summed E-state index contributed by atoms with van der Waals surface area (Å²) in [5.41, 5.74) is 0.459. The Labute approximate surface area is 121 Å². The van der Waals surface area contributed by atoms with Crippen LogP contribution in [0.4, 0.5) is 16.0 Å². The number of hydrogen-bond donors (Lipinski definition) is 1. The Balaban J connectivity index is 2.29. The zero-order chi connectivity index (χ0) is 14.0. The van der Waals surface area contributed by atoms with Crippen LogP contribution < -0.4 is 5.32 Å². The third kappa shape index (κ3) is 3.39. The van der Waals surface area contributed by atoms with E-state index in [4.69, 9.17) is 23.2 Å². The third-order valence-electron chi connectivity index (χ3n) is 2.52. The molecule has 0 fully saturated rings. The second-order valence-corrected chi connectivity index (χ2v) is 5.48. The van der Waals surface area contributed by atoms with Crippen LogP contribution in [0.2, 0.25) is 10.0 Å². The fraction of sp³-hybridized carbons (Fsp3) is 0.308. The molecule has 0 aliphatic carbocycles. The van der Waals surface area contributed by atoms with Crippen molar-refractivity contribution >= 4 is 34.8 Å². The van der Waals surface area contributed by atoms with Gasteiger partial charge >= 0.3 is 0 Å². The molecule has 0 bridgehead atoms. The molecule has 102 valence electrons. The zero-order valence-corrected chi connectivity index (χ0v) is 12.1. The number of benzene rings is 1. The average molecular weight is 302 g/mol. The molecule has 0 aliphatic rings. The molecule has 0 radical (unpaired) electrons. The Morgan fingerprint density at radius 3 is 2.53 bits per heavy atom. The van der Waals surface area contributed by atoms with E-state index in [1.807, 2.05) is 10.8 Å². The van der Waals surface area contributed by atoms with E-state index in [1.165, 1.54) is 12.1 Å². The van der Waals surface area contributed by atoms with Crippen molar-refractivity contribution in [3.63, 3.8) is 0 Å². The van der Waals surface area contributed by atoms with Gasteiger partial charge in [0.05, 0.1) is 15.7 Å². The van der Waals surface area contributed by atoms with Crippen molar-refractivity contribution in [3.8, 4) is 0 Å². The minimum Gasteiger partial charge on any atom is -0.323 e. The Morgan fingerprint density at radius 2 is 1.95 bits per heavy atom. The van der Waals surface area contributed by atoms with Gasteiger partial charge < -0.3 is 9.88 Å². The predicted molar refractivity (Wildman–Crippen MR) is 76.8 cm³/mol. The van der Waals surface area contributed by atoms with Crippen LogP contribution in [0.25, 0.3) is 0 Å². The molecular weight excluding hydrogens is 288 g/mol. The first kappa shape index (κ1) is 14.2. The van der Waals surface area contributed by atoms with Crippen molar-refractivity contribution in [2.45, 2.75) is 20.4 Å². The van der Waals surface area contributed by atoms with Gasteiger partial charge in [-0.25, -0.2) is 9.37 Å². The maximum atomic E-state index is 13.1. The fourth-order valence-electron chi connectivity index (χ4n) is 1.75. The van der Waals surface area contributed by atoms with Crippen LogP contribution in [0.15, 0.2) is 24.5 Å². The predicted octanol–water partition coefficient (Wildman–Crippen LogP) is 4.73. The van der Waals surface area contributed by atoms with Gasteiger partial charge in [-0.3, -0.25) is 0 Å². The van der Waals surface area contributed by atoms with E-state index in [9.17, 15) is 4.39 Å². The van der Waals surface area contributed by atoms with E-state index in [0.29, 0.717) is 17.6 Å². The summed E-state index contributed by atoms with van der Waals surface area (Å²) in [6.45, 7) is 5.04. The average Bonchev–Trinajstić information content (AvgIpc) is 2.70. The minimum absolute atomic E-state index is 0.226. The third-order valence-corrected chi connectivity index (χ3v) is 3.12. The van der Waals surface area contributed by atoms with Gasteiger partial charge in [-0.2, -0.15) is 0 Å². The molecule has 1 N–H and O–H groups in total. The van der Waals surface area contributed by atoms with Crippen molar-refractivity contribution in [2.24, 2.45) is 5.92 Å². The number of anilines is 2. The molecule has 0 spiro atoms. The molecular formula is C13H14Cl2FN3. The van der Waals surface area contributed by atoms with Crippen LogP contribution in [0.1, 0.15) is 13.8 Å². The molecule has 1 aromatic heterocycles. The van der Waals surface area contributed by atoms with E-state index < -0.39 is 5.82 Å². The largest absolute Gasteiger partial charge is 0.323 e. The van der Waals surface area contributed by atoms with Gasteiger partial charge in [-0.15, -0.1) is 0 Å². The summed E-state index contributed by atoms with van der Waals surface area (Å²) in [5.74, 6) is 0.643. The van der Waals surface area contributed by atoms with Gasteiger partial charge in [0.1, 0.15) is 5.82 Å². The van der Waals surface area contributed by atoms with Crippen molar-refractivity contribution in [2.75, 3.05) is 5.32 Å².